The molecule has 1 saturated heterocycles. The standard InChI is InChI=1S/C23H38N4O7P2/c1-16(2)27(17(3)4)35(33-13-8-11-24)18(5)19-15-22(26-12-9-21(28)25-23(26)29)34-20(19)10-14-36(30,31-6)32-7/h9-10,12,14,16-20,22H,8,13,15H2,1-7H3,(H,25,28,29)/b14-10+/t18-,19-,20-,22-,35?/m1/s1. The maximum atomic E-state index is 12.7. The number of nitriles is 1. The molecule has 0 spiro atoms. The van der Waals surface area contributed by atoms with E-state index < -0.39 is 39.5 Å². The van der Waals surface area contributed by atoms with E-state index in [2.05, 4.69) is 50.3 Å². The fourth-order valence-corrected chi connectivity index (χ4v) is 7.75. The highest BCUT2D eigenvalue weighted by atomic mass is 31.2. The van der Waals surface area contributed by atoms with Crippen molar-refractivity contribution in [1.29, 1.82) is 5.26 Å². The molecule has 11 nitrogen and oxygen atoms in total. The van der Waals surface area contributed by atoms with Crippen molar-refractivity contribution in [3.63, 3.8) is 0 Å². The number of H-pyrrole nitrogens is 1. The lowest BCUT2D eigenvalue weighted by Crippen LogP contribution is -2.38. The van der Waals surface area contributed by atoms with Crippen LogP contribution in [0.15, 0.2) is 33.7 Å². The molecular formula is C23H38N4O7P2. The minimum atomic E-state index is -3.44. The van der Waals surface area contributed by atoms with Crippen LogP contribution in [0.2, 0.25) is 0 Å². The van der Waals surface area contributed by atoms with Gasteiger partial charge in [-0.05, 0) is 40.2 Å². The Hall–Kier alpha value is -1.63. The third-order valence-electron chi connectivity index (χ3n) is 6.03. The monoisotopic (exact) mass is 544 g/mol. The van der Waals surface area contributed by atoms with E-state index in [0.717, 1.165) is 0 Å². The molecule has 36 heavy (non-hydrogen) atoms. The average molecular weight is 545 g/mol. The Morgan fingerprint density at radius 2 is 1.92 bits per heavy atom. The lowest BCUT2D eigenvalue weighted by atomic mass is 9.97. The molecule has 2 heterocycles. The largest absolute Gasteiger partial charge is 0.353 e. The van der Waals surface area contributed by atoms with E-state index in [0.29, 0.717) is 13.0 Å². The van der Waals surface area contributed by atoms with Crippen LogP contribution < -0.4 is 11.2 Å². The van der Waals surface area contributed by atoms with E-state index in [9.17, 15) is 14.2 Å². The molecule has 1 unspecified atom stereocenters. The first-order valence-corrected chi connectivity index (χ1v) is 14.8. The fourth-order valence-electron chi connectivity index (χ4n) is 4.38. The van der Waals surface area contributed by atoms with Crippen molar-refractivity contribution in [3.8, 4) is 6.07 Å². The maximum absolute atomic E-state index is 12.7. The van der Waals surface area contributed by atoms with Crippen molar-refractivity contribution in [3.05, 3.63) is 45.0 Å². The van der Waals surface area contributed by atoms with Crippen LogP contribution in [0, 0.1) is 17.2 Å². The summed E-state index contributed by atoms with van der Waals surface area (Å²) in [4.78, 5) is 26.3. The van der Waals surface area contributed by atoms with Crippen LogP contribution in [-0.2, 0) is 22.9 Å². The summed E-state index contributed by atoms with van der Waals surface area (Å²) < 4.78 is 39.0. The summed E-state index contributed by atoms with van der Waals surface area (Å²) in [5.41, 5.74) is -1.11. The number of hydrogen-bond acceptors (Lipinski definition) is 9. The maximum Gasteiger partial charge on any atom is 0.353 e. The van der Waals surface area contributed by atoms with Gasteiger partial charge in [0.25, 0.3) is 5.56 Å². The van der Waals surface area contributed by atoms with Gasteiger partial charge in [-0.3, -0.25) is 23.6 Å². The average Bonchev–Trinajstić information content (AvgIpc) is 3.25. The summed E-state index contributed by atoms with van der Waals surface area (Å²) in [6.45, 7) is 10.8. The van der Waals surface area contributed by atoms with Gasteiger partial charge in [0.2, 0.25) is 0 Å². The van der Waals surface area contributed by atoms with Gasteiger partial charge in [-0.2, -0.15) is 5.26 Å². The van der Waals surface area contributed by atoms with Crippen LogP contribution in [0.5, 0.6) is 0 Å². The van der Waals surface area contributed by atoms with Crippen molar-refractivity contribution >= 4 is 15.9 Å². The summed E-state index contributed by atoms with van der Waals surface area (Å²) in [5, 5.41) is 9.05. The first-order valence-electron chi connectivity index (χ1n) is 11.9. The number of nitrogens with zero attached hydrogens (tertiary/aromatic N) is 3. The third kappa shape index (κ3) is 7.69. The predicted octanol–water partition coefficient (Wildman–Crippen LogP) is 4.19. The number of aromatic amines is 1. The first kappa shape index (κ1) is 30.6. The molecule has 1 fully saturated rings. The van der Waals surface area contributed by atoms with E-state index in [-0.39, 0.29) is 30.1 Å². The van der Waals surface area contributed by atoms with Crippen LogP contribution in [0.1, 0.15) is 53.7 Å². The SMILES string of the molecule is COP(=O)(/C=C/[C@H]1O[C@@H](n2ccc(=O)[nH]c2=O)C[C@@H]1[C@@H](C)P(OCCC#N)N(C(C)C)C(C)C)OC. The number of ether oxygens (including phenoxy) is 1. The van der Waals surface area contributed by atoms with Crippen molar-refractivity contribution in [1.82, 2.24) is 14.2 Å². The molecule has 0 aliphatic carbocycles. The van der Waals surface area contributed by atoms with Crippen molar-refractivity contribution in [2.24, 2.45) is 5.92 Å². The molecule has 1 aliphatic heterocycles. The van der Waals surface area contributed by atoms with Crippen molar-refractivity contribution in [2.45, 2.75) is 77.5 Å². The second kappa shape index (κ2) is 13.8. The Bertz CT molecular complexity index is 1070. The van der Waals surface area contributed by atoms with Crippen molar-refractivity contribution in [2.75, 3.05) is 20.8 Å². The lowest BCUT2D eigenvalue weighted by molar-refractivity contribution is 0.0153. The van der Waals surface area contributed by atoms with Crippen LogP contribution in [0.4, 0.5) is 0 Å². The Kier molecular flexibility index (Phi) is 11.7. The van der Waals surface area contributed by atoms with Gasteiger partial charge in [0.05, 0.1) is 25.2 Å². The highest BCUT2D eigenvalue weighted by Gasteiger charge is 2.44. The van der Waals surface area contributed by atoms with Gasteiger partial charge in [0.1, 0.15) is 14.5 Å². The number of rotatable bonds is 13. The van der Waals surface area contributed by atoms with E-state index in [1.165, 1.54) is 36.9 Å². The van der Waals surface area contributed by atoms with Crippen LogP contribution in [0.25, 0.3) is 0 Å². The molecule has 0 radical (unpaired) electrons. The van der Waals surface area contributed by atoms with E-state index >= 15 is 0 Å². The molecule has 13 heteroatoms. The highest BCUT2D eigenvalue weighted by molar-refractivity contribution is 7.57. The summed E-state index contributed by atoms with van der Waals surface area (Å²) in [7, 11) is -2.00. The fraction of sp³-hybridized carbons (Fsp3) is 0.696. The molecule has 0 aromatic carbocycles. The van der Waals surface area contributed by atoms with Crippen LogP contribution in [0.3, 0.4) is 0 Å². The summed E-state index contributed by atoms with van der Waals surface area (Å²) in [6, 6.07) is 3.79. The van der Waals surface area contributed by atoms with Crippen molar-refractivity contribution < 1.29 is 22.9 Å². The second-order valence-corrected chi connectivity index (χ2v) is 13.3. The Morgan fingerprint density at radius 3 is 2.44 bits per heavy atom. The van der Waals surface area contributed by atoms with Crippen LogP contribution >= 0.6 is 15.9 Å². The smallest absolute Gasteiger partial charge is 0.350 e. The van der Waals surface area contributed by atoms with Gasteiger partial charge in [0.15, 0.2) is 0 Å². The van der Waals surface area contributed by atoms with Gasteiger partial charge >= 0.3 is 13.3 Å². The zero-order valence-corrected chi connectivity index (χ0v) is 23.8. The minimum absolute atomic E-state index is 0.0499. The van der Waals surface area contributed by atoms with Gasteiger partial charge in [-0.25, -0.2) is 4.79 Å². The molecule has 1 N–H and O–H groups in total. The first-order chi connectivity index (χ1) is 17.0. The summed E-state index contributed by atoms with van der Waals surface area (Å²) in [6.07, 6.45) is 2.62. The molecule has 0 bridgehead atoms. The van der Waals surface area contributed by atoms with E-state index in [1.54, 1.807) is 6.08 Å². The molecule has 1 aromatic heterocycles. The van der Waals surface area contributed by atoms with Gasteiger partial charge in [0, 0.05) is 56.0 Å². The summed E-state index contributed by atoms with van der Waals surface area (Å²) >= 11 is 0. The zero-order chi connectivity index (χ0) is 27.0. The molecule has 2 rings (SSSR count). The number of aromatic nitrogens is 2. The molecule has 5 atom stereocenters. The van der Waals surface area contributed by atoms with E-state index in [4.69, 9.17) is 23.6 Å². The molecule has 1 aromatic rings. The molecular weight excluding hydrogens is 506 g/mol. The number of hydrogen-bond donors (Lipinski definition) is 1. The Balaban J connectivity index is 2.48. The highest BCUT2D eigenvalue weighted by Crippen LogP contribution is 2.56. The second-order valence-electron chi connectivity index (χ2n) is 9.07. The van der Waals surface area contributed by atoms with Crippen LogP contribution in [-0.4, -0.2) is 58.9 Å². The lowest BCUT2D eigenvalue weighted by Gasteiger charge is -2.42. The topological polar surface area (TPSA) is 136 Å². The van der Waals surface area contributed by atoms with Gasteiger partial charge < -0.3 is 18.3 Å². The Labute approximate surface area is 213 Å². The number of nitrogens with one attached hydrogen (secondary N) is 1. The van der Waals surface area contributed by atoms with Gasteiger partial charge in [-0.15, -0.1) is 0 Å². The van der Waals surface area contributed by atoms with E-state index in [1.807, 2.05) is 0 Å². The predicted molar refractivity (Wildman–Crippen MR) is 139 cm³/mol. The zero-order valence-electron chi connectivity index (χ0n) is 22.0. The molecule has 0 saturated carbocycles. The Morgan fingerprint density at radius 1 is 1.28 bits per heavy atom. The minimum Gasteiger partial charge on any atom is -0.350 e. The molecule has 0 amide bonds. The molecule has 202 valence electrons. The normalized spacial score (nSPS) is 22.5. The third-order valence-corrected chi connectivity index (χ3v) is 10.5. The quantitative estimate of drug-likeness (QED) is 0.286. The summed E-state index contributed by atoms with van der Waals surface area (Å²) in [5.74, 6) is 1.23. The van der Waals surface area contributed by atoms with Gasteiger partial charge in [-0.1, -0.05) is 6.92 Å². The molecule has 1 aliphatic rings.